The zero-order valence-electron chi connectivity index (χ0n) is 7.38. The average molecular weight is 187 g/mol. The smallest absolute Gasteiger partial charge is 0.221 e. The van der Waals surface area contributed by atoms with Crippen LogP contribution in [0.5, 0.6) is 0 Å². The summed E-state index contributed by atoms with van der Waals surface area (Å²) in [5.41, 5.74) is 0. The Morgan fingerprint density at radius 2 is 2.00 bits per heavy atom. The van der Waals surface area contributed by atoms with Crippen LogP contribution in [0, 0.1) is 0 Å². The van der Waals surface area contributed by atoms with Crippen molar-refractivity contribution in [3.63, 3.8) is 0 Å². The number of amides is 1. The monoisotopic (exact) mass is 187 g/mol. The number of carbonyl (C=O) groups excluding carboxylic acids is 1. The number of nitrogens with one attached hydrogen (secondary N) is 1. The lowest BCUT2D eigenvalue weighted by Crippen LogP contribution is -2.36. The molecule has 12 heavy (non-hydrogen) atoms. The highest BCUT2D eigenvalue weighted by molar-refractivity contribution is 7.80. The Morgan fingerprint density at radius 1 is 1.33 bits per heavy atom. The molecule has 0 unspecified atom stereocenters. The predicted molar refractivity (Wildman–Crippen MR) is 53.5 cm³/mol. The van der Waals surface area contributed by atoms with Crippen LogP contribution in [0.1, 0.15) is 38.5 Å². The van der Waals surface area contributed by atoms with Gasteiger partial charge in [-0.1, -0.05) is 19.3 Å². The van der Waals surface area contributed by atoms with Crippen molar-refractivity contribution in [1.29, 1.82) is 0 Å². The summed E-state index contributed by atoms with van der Waals surface area (Å²) < 4.78 is 0. The van der Waals surface area contributed by atoms with Crippen LogP contribution >= 0.6 is 12.6 Å². The van der Waals surface area contributed by atoms with E-state index in [1.54, 1.807) is 0 Å². The minimum atomic E-state index is 0.164. The summed E-state index contributed by atoms with van der Waals surface area (Å²) in [5.74, 6) is 0.815. The lowest BCUT2D eigenvalue weighted by atomic mass is 9.95. The van der Waals surface area contributed by atoms with Crippen molar-refractivity contribution < 1.29 is 4.79 Å². The molecule has 2 nitrogen and oxygen atoms in total. The van der Waals surface area contributed by atoms with Gasteiger partial charge in [0, 0.05) is 12.5 Å². The van der Waals surface area contributed by atoms with Crippen molar-refractivity contribution >= 4 is 18.5 Å². The standard InChI is InChI=1S/C9H17NOS/c11-9(6-7-12)10-8-4-2-1-3-5-8/h8,12H,1-7H2,(H,10,11). The topological polar surface area (TPSA) is 29.1 Å². The maximum absolute atomic E-state index is 11.2. The molecule has 3 heteroatoms. The molecule has 1 fully saturated rings. The minimum absolute atomic E-state index is 0.164. The SMILES string of the molecule is O=C(CCS)NC1CCCCC1. The van der Waals surface area contributed by atoms with E-state index in [0.29, 0.717) is 18.2 Å². The van der Waals surface area contributed by atoms with Crippen LogP contribution in [-0.2, 0) is 4.79 Å². The molecule has 0 atom stereocenters. The third kappa shape index (κ3) is 3.48. The lowest BCUT2D eigenvalue weighted by Gasteiger charge is -2.22. The summed E-state index contributed by atoms with van der Waals surface area (Å²) in [4.78, 5) is 11.2. The van der Waals surface area contributed by atoms with Crippen molar-refractivity contribution in [3.8, 4) is 0 Å². The Hall–Kier alpha value is -0.180. The maximum Gasteiger partial charge on any atom is 0.221 e. The zero-order valence-corrected chi connectivity index (χ0v) is 8.28. The highest BCUT2D eigenvalue weighted by Crippen LogP contribution is 2.17. The highest BCUT2D eigenvalue weighted by atomic mass is 32.1. The minimum Gasteiger partial charge on any atom is -0.353 e. The van der Waals surface area contributed by atoms with Crippen LogP contribution in [0.2, 0.25) is 0 Å². The van der Waals surface area contributed by atoms with Crippen molar-refractivity contribution in [3.05, 3.63) is 0 Å². The van der Waals surface area contributed by atoms with Crippen LogP contribution in [0.4, 0.5) is 0 Å². The third-order valence-electron chi connectivity index (χ3n) is 2.31. The Kier molecular flexibility index (Phi) is 4.51. The molecular weight excluding hydrogens is 170 g/mol. The van der Waals surface area contributed by atoms with Crippen LogP contribution < -0.4 is 5.32 Å². The Morgan fingerprint density at radius 3 is 2.58 bits per heavy atom. The first-order chi connectivity index (χ1) is 5.83. The molecule has 0 heterocycles. The number of hydrogen-bond acceptors (Lipinski definition) is 2. The maximum atomic E-state index is 11.2. The van der Waals surface area contributed by atoms with Gasteiger partial charge in [-0.25, -0.2) is 0 Å². The van der Waals surface area contributed by atoms with Crippen LogP contribution in [-0.4, -0.2) is 17.7 Å². The average Bonchev–Trinajstić information content (AvgIpc) is 2.06. The summed E-state index contributed by atoms with van der Waals surface area (Å²) in [6.07, 6.45) is 6.76. The number of thiol groups is 1. The van der Waals surface area contributed by atoms with Crippen molar-refractivity contribution in [1.82, 2.24) is 5.32 Å². The molecule has 0 spiro atoms. The fourth-order valence-corrected chi connectivity index (χ4v) is 1.85. The second-order valence-corrected chi connectivity index (χ2v) is 3.82. The second-order valence-electron chi connectivity index (χ2n) is 3.38. The van der Waals surface area contributed by atoms with Crippen LogP contribution in [0.15, 0.2) is 0 Å². The van der Waals surface area contributed by atoms with Gasteiger partial charge in [0.15, 0.2) is 0 Å². The van der Waals surface area contributed by atoms with E-state index in [9.17, 15) is 4.79 Å². The van der Waals surface area contributed by atoms with Gasteiger partial charge in [0.2, 0.25) is 5.91 Å². The molecule has 0 bridgehead atoms. The first-order valence-electron chi connectivity index (χ1n) is 4.73. The van der Waals surface area contributed by atoms with Gasteiger partial charge in [0.25, 0.3) is 0 Å². The fourth-order valence-electron chi connectivity index (χ4n) is 1.65. The van der Waals surface area contributed by atoms with E-state index >= 15 is 0 Å². The van der Waals surface area contributed by atoms with E-state index in [1.807, 2.05) is 0 Å². The quantitative estimate of drug-likeness (QED) is 0.648. The van der Waals surface area contributed by atoms with E-state index in [-0.39, 0.29) is 5.91 Å². The molecule has 0 aromatic rings. The Bertz CT molecular complexity index is 143. The summed E-state index contributed by atoms with van der Waals surface area (Å²) in [6, 6.07) is 0.450. The summed E-state index contributed by atoms with van der Waals surface area (Å²) in [6.45, 7) is 0. The molecule has 0 aromatic carbocycles. The molecule has 0 aliphatic heterocycles. The van der Waals surface area contributed by atoms with E-state index in [2.05, 4.69) is 17.9 Å². The van der Waals surface area contributed by atoms with Gasteiger partial charge in [0.05, 0.1) is 0 Å². The van der Waals surface area contributed by atoms with Gasteiger partial charge in [-0.15, -0.1) is 0 Å². The molecule has 0 aromatic heterocycles. The van der Waals surface area contributed by atoms with E-state index in [1.165, 1.54) is 19.3 Å². The largest absolute Gasteiger partial charge is 0.353 e. The summed E-state index contributed by atoms with van der Waals surface area (Å²) in [7, 11) is 0. The Labute approximate surface area is 79.5 Å². The molecular formula is C9H17NOS. The van der Waals surface area contributed by atoms with Crippen LogP contribution in [0.3, 0.4) is 0 Å². The molecule has 0 saturated heterocycles. The molecule has 0 radical (unpaired) electrons. The van der Waals surface area contributed by atoms with Crippen LogP contribution in [0.25, 0.3) is 0 Å². The van der Waals surface area contributed by atoms with Crippen molar-refractivity contribution in [2.45, 2.75) is 44.6 Å². The molecule has 1 rings (SSSR count). The highest BCUT2D eigenvalue weighted by Gasteiger charge is 2.14. The van der Waals surface area contributed by atoms with Gasteiger partial charge in [0.1, 0.15) is 0 Å². The Balaban J connectivity index is 2.15. The molecule has 1 aliphatic carbocycles. The lowest BCUT2D eigenvalue weighted by molar-refractivity contribution is -0.121. The van der Waals surface area contributed by atoms with E-state index in [4.69, 9.17) is 0 Å². The first kappa shape index (κ1) is 9.90. The second kappa shape index (κ2) is 5.46. The van der Waals surface area contributed by atoms with Gasteiger partial charge in [-0.2, -0.15) is 12.6 Å². The van der Waals surface area contributed by atoms with Crippen molar-refractivity contribution in [2.75, 3.05) is 5.75 Å². The molecule has 70 valence electrons. The number of hydrogen-bond donors (Lipinski definition) is 2. The fraction of sp³-hybridized carbons (Fsp3) is 0.889. The molecule has 1 saturated carbocycles. The summed E-state index contributed by atoms with van der Waals surface area (Å²) >= 11 is 4.02. The summed E-state index contributed by atoms with van der Waals surface area (Å²) in [5, 5.41) is 3.03. The van der Waals surface area contributed by atoms with Gasteiger partial charge < -0.3 is 5.32 Å². The van der Waals surface area contributed by atoms with Gasteiger partial charge >= 0.3 is 0 Å². The van der Waals surface area contributed by atoms with E-state index in [0.717, 1.165) is 12.8 Å². The third-order valence-corrected chi connectivity index (χ3v) is 2.53. The zero-order chi connectivity index (χ0) is 8.81. The number of carbonyl (C=O) groups is 1. The van der Waals surface area contributed by atoms with Gasteiger partial charge in [-0.3, -0.25) is 4.79 Å². The van der Waals surface area contributed by atoms with Gasteiger partial charge in [-0.05, 0) is 18.6 Å². The molecule has 1 aliphatic rings. The first-order valence-corrected chi connectivity index (χ1v) is 5.36. The van der Waals surface area contributed by atoms with E-state index < -0.39 is 0 Å². The molecule has 1 N–H and O–H groups in total. The predicted octanol–water partition coefficient (Wildman–Crippen LogP) is 1.76. The molecule has 1 amide bonds. The van der Waals surface area contributed by atoms with Crippen molar-refractivity contribution in [2.24, 2.45) is 0 Å². The normalized spacial score (nSPS) is 19.1. The number of rotatable bonds is 3.